The van der Waals surface area contributed by atoms with Crippen LogP contribution in [0.25, 0.3) is 0 Å². The maximum atomic E-state index is 12.4. The maximum absolute atomic E-state index is 12.4. The highest BCUT2D eigenvalue weighted by atomic mass is 16.6. The van der Waals surface area contributed by atoms with Crippen molar-refractivity contribution in [2.75, 3.05) is 6.54 Å². The van der Waals surface area contributed by atoms with Gasteiger partial charge in [-0.3, -0.25) is 4.90 Å². The fraction of sp³-hybridized carbons (Fsp3) is 0.471. The summed E-state index contributed by atoms with van der Waals surface area (Å²) in [5.74, 6) is 0.496. The molecule has 0 unspecified atom stereocenters. The van der Waals surface area contributed by atoms with E-state index in [1.165, 1.54) is 0 Å². The van der Waals surface area contributed by atoms with Gasteiger partial charge in [-0.25, -0.2) is 4.79 Å². The first-order chi connectivity index (χ1) is 9.70. The van der Waals surface area contributed by atoms with Crippen molar-refractivity contribution in [3.8, 4) is 0 Å². The van der Waals surface area contributed by atoms with Crippen molar-refractivity contribution in [3.63, 3.8) is 0 Å². The summed E-state index contributed by atoms with van der Waals surface area (Å²) in [6, 6.07) is 9.84. The zero-order valence-electron chi connectivity index (χ0n) is 11.9. The molecule has 1 aliphatic carbocycles. The summed E-state index contributed by atoms with van der Waals surface area (Å²) in [5, 5.41) is 0. The van der Waals surface area contributed by atoms with Crippen molar-refractivity contribution in [2.45, 2.75) is 38.3 Å². The summed E-state index contributed by atoms with van der Waals surface area (Å²) >= 11 is 0. The number of ether oxygens (including phenoxy) is 1. The number of benzene rings is 1. The predicted octanol–water partition coefficient (Wildman–Crippen LogP) is 3.75. The van der Waals surface area contributed by atoms with Crippen LogP contribution >= 0.6 is 0 Å². The molecule has 3 nitrogen and oxygen atoms in total. The molecule has 2 aliphatic rings. The lowest BCUT2D eigenvalue weighted by Crippen LogP contribution is -2.42. The average Bonchev–Trinajstić information content (AvgIpc) is 3.26. The Balaban J connectivity index is 1.65. The standard InChI is InChI=1S/C17H21NO2/c1-14-6-5-9-17(10-11-17)18(12-14)16(19)20-13-15-7-3-2-4-8-15/h2-5,7-9,14H,6,10-13H2,1H3/t14-/m0/s1. The molecular formula is C17H21NO2. The molecule has 1 heterocycles. The lowest BCUT2D eigenvalue weighted by molar-refractivity contribution is 0.0790. The van der Waals surface area contributed by atoms with E-state index in [1.54, 1.807) is 0 Å². The molecule has 0 bridgehead atoms. The third-order valence-corrected chi connectivity index (χ3v) is 4.19. The summed E-state index contributed by atoms with van der Waals surface area (Å²) in [5.41, 5.74) is 0.988. The average molecular weight is 271 g/mol. The molecule has 3 rings (SSSR count). The highest BCUT2D eigenvalue weighted by Crippen LogP contribution is 2.45. The van der Waals surface area contributed by atoms with E-state index in [0.717, 1.165) is 31.4 Å². The molecule has 0 N–H and O–H groups in total. The number of carbonyl (C=O) groups is 1. The Morgan fingerprint density at radius 1 is 1.35 bits per heavy atom. The SMILES string of the molecule is C[C@H]1CC=CC2(CC2)N(C(=O)OCc2ccccc2)C1. The Kier molecular flexibility index (Phi) is 3.51. The number of hydrogen-bond donors (Lipinski definition) is 0. The van der Waals surface area contributed by atoms with Gasteiger partial charge < -0.3 is 4.74 Å². The number of hydrogen-bond acceptors (Lipinski definition) is 2. The molecule has 0 aromatic heterocycles. The first-order valence-electron chi connectivity index (χ1n) is 7.36. The van der Waals surface area contributed by atoms with Gasteiger partial charge in [-0.1, -0.05) is 49.4 Å². The van der Waals surface area contributed by atoms with Gasteiger partial charge in [-0.05, 0) is 30.7 Å². The Hall–Kier alpha value is -1.77. The van der Waals surface area contributed by atoms with Crippen LogP contribution in [-0.4, -0.2) is 23.1 Å². The van der Waals surface area contributed by atoms with Gasteiger partial charge >= 0.3 is 6.09 Å². The number of carbonyl (C=O) groups excluding carboxylic acids is 1. The second-order valence-electron chi connectivity index (χ2n) is 6.00. The van der Waals surface area contributed by atoms with E-state index in [9.17, 15) is 4.79 Å². The van der Waals surface area contributed by atoms with Gasteiger partial charge in [-0.15, -0.1) is 0 Å². The zero-order valence-corrected chi connectivity index (χ0v) is 11.9. The van der Waals surface area contributed by atoms with E-state index >= 15 is 0 Å². The van der Waals surface area contributed by atoms with Gasteiger partial charge in [0, 0.05) is 6.54 Å². The topological polar surface area (TPSA) is 29.5 Å². The molecule has 106 valence electrons. The Morgan fingerprint density at radius 3 is 2.80 bits per heavy atom. The van der Waals surface area contributed by atoms with Crippen LogP contribution < -0.4 is 0 Å². The second-order valence-corrected chi connectivity index (χ2v) is 6.00. The number of amides is 1. The minimum atomic E-state index is -0.176. The number of allylic oxidation sites excluding steroid dienone is 1. The molecule has 3 heteroatoms. The summed E-state index contributed by atoms with van der Waals surface area (Å²) in [7, 11) is 0. The molecule has 0 radical (unpaired) electrons. The van der Waals surface area contributed by atoms with Gasteiger partial charge in [0.2, 0.25) is 0 Å². The maximum Gasteiger partial charge on any atom is 0.410 e. The minimum Gasteiger partial charge on any atom is -0.445 e. The van der Waals surface area contributed by atoms with Crippen LogP contribution in [0.3, 0.4) is 0 Å². The van der Waals surface area contributed by atoms with Crippen molar-refractivity contribution in [3.05, 3.63) is 48.0 Å². The number of nitrogens with zero attached hydrogens (tertiary/aromatic N) is 1. The molecule has 1 atom stereocenters. The highest BCUT2D eigenvalue weighted by Gasteiger charge is 2.49. The molecular weight excluding hydrogens is 250 g/mol. The van der Waals surface area contributed by atoms with E-state index in [2.05, 4.69) is 19.1 Å². The molecule has 1 aliphatic heterocycles. The van der Waals surface area contributed by atoms with Crippen LogP contribution in [0.2, 0.25) is 0 Å². The van der Waals surface area contributed by atoms with Crippen LogP contribution in [0.1, 0.15) is 31.7 Å². The van der Waals surface area contributed by atoms with Crippen molar-refractivity contribution in [2.24, 2.45) is 5.92 Å². The molecule has 20 heavy (non-hydrogen) atoms. The molecule has 0 saturated heterocycles. The first kappa shape index (κ1) is 13.2. The van der Waals surface area contributed by atoms with Crippen molar-refractivity contribution < 1.29 is 9.53 Å². The fourth-order valence-corrected chi connectivity index (χ4v) is 2.80. The molecule has 1 saturated carbocycles. The Labute approximate surface area is 120 Å². The van der Waals surface area contributed by atoms with E-state index in [0.29, 0.717) is 12.5 Å². The van der Waals surface area contributed by atoms with Crippen molar-refractivity contribution >= 4 is 6.09 Å². The first-order valence-corrected chi connectivity index (χ1v) is 7.36. The molecule has 1 fully saturated rings. The minimum absolute atomic E-state index is 0.0431. The van der Waals surface area contributed by atoms with Gasteiger partial charge in [0.15, 0.2) is 0 Å². The summed E-state index contributed by atoms with van der Waals surface area (Å²) in [6.45, 7) is 3.33. The predicted molar refractivity (Wildman–Crippen MR) is 78.2 cm³/mol. The lowest BCUT2D eigenvalue weighted by atomic mass is 10.1. The third-order valence-electron chi connectivity index (χ3n) is 4.19. The summed E-state index contributed by atoms with van der Waals surface area (Å²) in [6.07, 6.45) is 7.43. The fourth-order valence-electron chi connectivity index (χ4n) is 2.80. The van der Waals surface area contributed by atoms with Crippen LogP contribution in [0.5, 0.6) is 0 Å². The van der Waals surface area contributed by atoms with Crippen LogP contribution in [0, 0.1) is 5.92 Å². The van der Waals surface area contributed by atoms with Crippen molar-refractivity contribution in [1.82, 2.24) is 4.90 Å². The number of rotatable bonds is 2. The normalized spacial score (nSPS) is 23.4. The Morgan fingerprint density at radius 2 is 2.10 bits per heavy atom. The second kappa shape index (κ2) is 5.31. The van der Waals surface area contributed by atoms with Gasteiger partial charge in [0.05, 0.1) is 5.54 Å². The zero-order chi connectivity index (χ0) is 14.0. The van der Waals surface area contributed by atoms with Gasteiger partial charge in [0.1, 0.15) is 6.61 Å². The molecule has 1 amide bonds. The monoisotopic (exact) mass is 271 g/mol. The molecule has 1 aromatic carbocycles. The van der Waals surface area contributed by atoms with Gasteiger partial charge in [0.25, 0.3) is 0 Å². The largest absolute Gasteiger partial charge is 0.445 e. The van der Waals surface area contributed by atoms with Gasteiger partial charge in [-0.2, -0.15) is 0 Å². The highest BCUT2D eigenvalue weighted by molar-refractivity contribution is 5.70. The van der Waals surface area contributed by atoms with E-state index in [1.807, 2.05) is 35.2 Å². The summed E-state index contributed by atoms with van der Waals surface area (Å²) < 4.78 is 5.50. The van der Waals surface area contributed by atoms with Crippen LogP contribution in [0.4, 0.5) is 4.79 Å². The lowest BCUT2D eigenvalue weighted by Gasteiger charge is -2.29. The molecule has 1 spiro atoms. The van der Waals surface area contributed by atoms with Crippen LogP contribution in [-0.2, 0) is 11.3 Å². The van der Waals surface area contributed by atoms with E-state index in [-0.39, 0.29) is 11.6 Å². The molecule has 1 aromatic rings. The summed E-state index contributed by atoms with van der Waals surface area (Å²) in [4.78, 5) is 14.3. The quantitative estimate of drug-likeness (QED) is 0.767. The van der Waals surface area contributed by atoms with E-state index < -0.39 is 0 Å². The third kappa shape index (κ3) is 2.72. The van der Waals surface area contributed by atoms with Crippen molar-refractivity contribution in [1.29, 1.82) is 0 Å². The van der Waals surface area contributed by atoms with Crippen LogP contribution in [0.15, 0.2) is 42.5 Å². The Bertz CT molecular complexity index is 505. The van der Waals surface area contributed by atoms with E-state index in [4.69, 9.17) is 4.74 Å². The smallest absolute Gasteiger partial charge is 0.410 e.